The van der Waals surface area contributed by atoms with Gasteiger partial charge in [0.1, 0.15) is 5.75 Å². The van der Waals surface area contributed by atoms with Crippen LogP contribution in [0.5, 0.6) is 5.75 Å². The van der Waals surface area contributed by atoms with E-state index >= 15 is 0 Å². The number of ether oxygens (including phenoxy) is 1. The lowest BCUT2D eigenvalue weighted by Gasteiger charge is -2.29. The molecule has 0 aliphatic carbocycles. The molecule has 2 N–H and O–H groups in total. The lowest BCUT2D eigenvalue weighted by Crippen LogP contribution is -2.43. The van der Waals surface area contributed by atoms with E-state index < -0.39 is 5.54 Å². The molecule has 0 aromatic heterocycles. The van der Waals surface area contributed by atoms with Crippen molar-refractivity contribution in [2.45, 2.75) is 18.9 Å². The van der Waals surface area contributed by atoms with Gasteiger partial charge in [-0.25, -0.2) is 0 Å². The smallest absolute Gasteiger partial charge is 0.118 e. The molecule has 2 rings (SSSR count). The highest BCUT2D eigenvalue weighted by Gasteiger charge is 2.24. The third-order valence-corrected chi connectivity index (χ3v) is 3.82. The van der Waals surface area contributed by atoms with Crippen molar-refractivity contribution >= 4 is 0 Å². The number of hydrogen-bond donors (Lipinski definition) is 2. The summed E-state index contributed by atoms with van der Waals surface area (Å²) in [4.78, 5) is 0. The average Bonchev–Trinajstić information content (AvgIpc) is 2.56. The highest BCUT2D eigenvalue weighted by Crippen LogP contribution is 2.20. The van der Waals surface area contributed by atoms with Crippen molar-refractivity contribution in [3.63, 3.8) is 0 Å². The Kier molecular flexibility index (Phi) is 5.37. The van der Waals surface area contributed by atoms with Gasteiger partial charge in [-0.1, -0.05) is 42.5 Å². The normalized spacial score (nSPS) is 13.7. The zero-order valence-corrected chi connectivity index (χ0v) is 12.7. The molecule has 0 heterocycles. The fourth-order valence-corrected chi connectivity index (χ4v) is 2.33. The van der Waals surface area contributed by atoms with Crippen LogP contribution in [0.15, 0.2) is 54.6 Å². The number of hydrogen-bond acceptors (Lipinski definition) is 3. The molecule has 0 bridgehead atoms. The lowest BCUT2D eigenvalue weighted by atomic mass is 9.92. The Hall–Kier alpha value is -1.84. The SMILES string of the molecule is COc1ccc(CCNC(C)(CO)c2ccccc2)cc1. The molecule has 2 aromatic rings. The Morgan fingerprint density at radius 2 is 1.71 bits per heavy atom. The van der Waals surface area contributed by atoms with E-state index in [1.807, 2.05) is 49.4 Å². The van der Waals surface area contributed by atoms with Gasteiger partial charge < -0.3 is 15.2 Å². The third-order valence-electron chi connectivity index (χ3n) is 3.82. The van der Waals surface area contributed by atoms with Crippen molar-refractivity contribution in [1.29, 1.82) is 0 Å². The fraction of sp³-hybridized carbons (Fsp3) is 0.333. The summed E-state index contributed by atoms with van der Waals surface area (Å²) in [6, 6.07) is 18.1. The zero-order chi connectivity index (χ0) is 15.1. The van der Waals surface area contributed by atoms with Gasteiger partial charge in [0.15, 0.2) is 0 Å². The van der Waals surface area contributed by atoms with E-state index in [0.717, 1.165) is 24.3 Å². The molecule has 2 aromatic carbocycles. The summed E-state index contributed by atoms with van der Waals surface area (Å²) in [5.41, 5.74) is 1.94. The predicted octanol–water partition coefficient (Wildman–Crippen LogP) is 2.74. The molecule has 0 aliphatic rings. The van der Waals surface area contributed by atoms with Gasteiger partial charge >= 0.3 is 0 Å². The first-order chi connectivity index (χ1) is 10.2. The Bertz CT molecular complexity index is 539. The molecule has 112 valence electrons. The molecule has 3 nitrogen and oxygen atoms in total. The number of nitrogens with one attached hydrogen (secondary N) is 1. The van der Waals surface area contributed by atoms with E-state index in [4.69, 9.17) is 4.74 Å². The molecular weight excluding hydrogens is 262 g/mol. The van der Waals surface area contributed by atoms with Crippen LogP contribution < -0.4 is 10.1 Å². The molecule has 0 aliphatic heterocycles. The third kappa shape index (κ3) is 4.06. The van der Waals surface area contributed by atoms with Crippen LogP contribution in [0.25, 0.3) is 0 Å². The maximum absolute atomic E-state index is 9.73. The second-order valence-electron chi connectivity index (χ2n) is 5.38. The summed E-state index contributed by atoms with van der Waals surface area (Å²) in [7, 11) is 1.67. The number of methoxy groups -OCH3 is 1. The molecule has 1 unspecified atom stereocenters. The maximum atomic E-state index is 9.73. The number of benzene rings is 2. The van der Waals surface area contributed by atoms with Gasteiger partial charge in [0.25, 0.3) is 0 Å². The van der Waals surface area contributed by atoms with Gasteiger partial charge in [0.05, 0.1) is 19.3 Å². The van der Waals surface area contributed by atoms with E-state index in [-0.39, 0.29) is 6.61 Å². The van der Waals surface area contributed by atoms with Crippen molar-refractivity contribution in [1.82, 2.24) is 5.32 Å². The fourth-order valence-electron chi connectivity index (χ4n) is 2.33. The largest absolute Gasteiger partial charge is 0.497 e. The second kappa shape index (κ2) is 7.25. The molecule has 21 heavy (non-hydrogen) atoms. The van der Waals surface area contributed by atoms with E-state index in [2.05, 4.69) is 17.4 Å². The van der Waals surface area contributed by atoms with Crippen molar-refractivity contribution in [2.24, 2.45) is 0 Å². The first-order valence-corrected chi connectivity index (χ1v) is 7.22. The number of aliphatic hydroxyl groups excluding tert-OH is 1. The predicted molar refractivity (Wildman–Crippen MR) is 85.6 cm³/mol. The van der Waals surface area contributed by atoms with Gasteiger partial charge in [0, 0.05) is 6.54 Å². The highest BCUT2D eigenvalue weighted by molar-refractivity contribution is 5.27. The molecule has 3 heteroatoms. The minimum Gasteiger partial charge on any atom is -0.497 e. The van der Waals surface area contributed by atoms with Gasteiger partial charge in [-0.2, -0.15) is 0 Å². The Labute approximate surface area is 126 Å². The Morgan fingerprint density at radius 3 is 2.29 bits per heavy atom. The minimum atomic E-state index is -0.409. The summed E-state index contributed by atoms with van der Waals surface area (Å²) in [5, 5.41) is 13.2. The molecule has 0 amide bonds. The van der Waals surface area contributed by atoms with Crippen LogP contribution in [0.2, 0.25) is 0 Å². The average molecular weight is 285 g/mol. The van der Waals surface area contributed by atoms with Crippen molar-refractivity contribution in [3.8, 4) is 5.75 Å². The zero-order valence-electron chi connectivity index (χ0n) is 12.7. The molecule has 0 fully saturated rings. The van der Waals surface area contributed by atoms with Gasteiger partial charge in [-0.3, -0.25) is 0 Å². The summed E-state index contributed by atoms with van der Waals surface area (Å²) in [6.45, 7) is 2.90. The summed E-state index contributed by atoms with van der Waals surface area (Å²) >= 11 is 0. The molecule has 1 atom stereocenters. The number of aliphatic hydroxyl groups is 1. The van der Waals surface area contributed by atoms with E-state index in [0.29, 0.717) is 0 Å². The first kappa shape index (κ1) is 15.5. The summed E-state index contributed by atoms with van der Waals surface area (Å²) < 4.78 is 5.15. The van der Waals surface area contributed by atoms with Gasteiger partial charge in [-0.15, -0.1) is 0 Å². The topological polar surface area (TPSA) is 41.5 Å². The Balaban J connectivity index is 1.94. The van der Waals surface area contributed by atoms with Crippen molar-refractivity contribution in [3.05, 3.63) is 65.7 Å². The summed E-state index contributed by atoms with van der Waals surface area (Å²) in [5.74, 6) is 0.871. The van der Waals surface area contributed by atoms with Crippen LogP contribution in [0, 0.1) is 0 Å². The lowest BCUT2D eigenvalue weighted by molar-refractivity contribution is 0.176. The van der Waals surface area contributed by atoms with Crippen molar-refractivity contribution < 1.29 is 9.84 Å². The van der Waals surface area contributed by atoms with Crippen LogP contribution in [0.3, 0.4) is 0 Å². The number of rotatable bonds is 7. The van der Waals surface area contributed by atoms with E-state index in [1.165, 1.54) is 5.56 Å². The Morgan fingerprint density at radius 1 is 1.05 bits per heavy atom. The quantitative estimate of drug-likeness (QED) is 0.822. The molecule has 0 radical (unpaired) electrons. The van der Waals surface area contributed by atoms with Crippen LogP contribution in [-0.2, 0) is 12.0 Å². The molecular formula is C18H23NO2. The van der Waals surface area contributed by atoms with Crippen LogP contribution in [-0.4, -0.2) is 25.4 Å². The van der Waals surface area contributed by atoms with Crippen LogP contribution >= 0.6 is 0 Å². The monoisotopic (exact) mass is 285 g/mol. The van der Waals surface area contributed by atoms with Crippen molar-refractivity contribution in [2.75, 3.05) is 20.3 Å². The molecule has 0 spiro atoms. The maximum Gasteiger partial charge on any atom is 0.118 e. The van der Waals surface area contributed by atoms with Gasteiger partial charge in [-0.05, 0) is 36.6 Å². The first-order valence-electron chi connectivity index (χ1n) is 7.22. The summed E-state index contributed by atoms with van der Waals surface area (Å²) in [6.07, 6.45) is 0.909. The standard InChI is InChI=1S/C18H23NO2/c1-18(14-20,16-6-4-3-5-7-16)19-13-12-15-8-10-17(21-2)11-9-15/h3-11,19-20H,12-14H2,1-2H3. The second-order valence-corrected chi connectivity index (χ2v) is 5.38. The van der Waals surface area contributed by atoms with Gasteiger partial charge in [0.2, 0.25) is 0 Å². The van der Waals surface area contributed by atoms with E-state index in [9.17, 15) is 5.11 Å². The minimum absolute atomic E-state index is 0.0691. The van der Waals surface area contributed by atoms with Crippen LogP contribution in [0.1, 0.15) is 18.1 Å². The van der Waals surface area contributed by atoms with Crippen LogP contribution in [0.4, 0.5) is 0 Å². The molecule has 0 saturated carbocycles. The van der Waals surface area contributed by atoms with E-state index in [1.54, 1.807) is 7.11 Å². The molecule has 0 saturated heterocycles. The highest BCUT2D eigenvalue weighted by atomic mass is 16.5.